The zero-order chi connectivity index (χ0) is 23.9. The number of aliphatic hydroxyl groups excluding tert-OH is 2. The maximum Gasteiger partial charge on any atom is 0.203 e. The molecule has 3 unspecified atom stereocenters. The third kappa shape index (κ3) is 4.14. The van der Waals surface area contributed by atoms with Gasteiger partial charge in [0.1, 0.15) is 0 Å². The Balaban J connectivity index is 1.70. The number of rotatable bonds is 3. The molecule has 2 saturated heterocycles. The first-order valence-corrected chi connectivity index (χ1v) is 11.8. The van der Waals surface area contributed by atoms with Crippen molar-refractivity contribution < 1.29 is 39.4 Å². The standard InChI is InChI=1S/C25H34O8/c1-4-19-25(33-19)18(26)12-17(32-24(25)30)15-9-7-5-6-8-13(2)10-14-11-16(21(15)28)22(29)23(31-3)20(14)27/h6,8,11,13,15,17-19,24,26-27,29-30H,4-5,7,9-10,12H2,1-3H3/b8-6+/t13?,15?,17-,18-,19+,24-,25?/m1/s1. The van der Waals surface area contributed by atoms with Gasteiger partial charge in [-0.15, -0.1) is 0 Å². The number of aliphatic hydroxyl groups is 2. The number of carbonyl (C=O) groups excluding carboxylic acids is 1. The van der Waals surface area contributed by atoms with Gasteiger partial charge in [0.05, 0.1) is 31.0 Å². The quantitative estimate of drug-likeness (QED) is 0.399. The number of Topliss-reactive ketones (excluding diaryl/α,β-unsaturated/α-hetero) is 1. The summed E-state index contributed by atoms with van der Waals surface area (Å²) >= 11 is 0. The zero-order valence-corrected chi connectivity index (χ0v) is 19.4. The van der Waals surface area contributed by atoms with Crippen molar-refractivity contribution in [3.05, 3.63) is 29.3 Å². The van der Waals surface area contributed by atoms with Crippen LogP contribution in [0.1, 0.15) is 61.9 Å². The molecule has 0 saturated carbocycles. The Morgan fingerprint density at radius 1 is 1.24 bits per heavy atom. The minimum atomic E-state index is -1.34. The van der Waals surface area contributed by atoms with E-state index in [0.29, 0.717) is 31.2 Å². The first-order chi connectivity index (χ1) is 15.7. The molecule has 4 N–H and O–H groups in total. The predicted octanol–water partition coefficient (Wildman–Crippen LogP) is 2.84. The summed E-state index contributed by atoms with van der Waals surface area (Å²) in [6, 6.07) is 1.52. The van der Waals surface area contributed by atoms with Crippen molar-refractivity contribution in [1.29, 1.82) is 0 Å². The van der Waals surface area contributed by atoms with Gasteiger partial charge >= 0.3 is 0 Å². The van der Waals surface area contributed by atoms with Crippen molar-refractivity contribution in [3.63, 3.8) is 0 Å². The van der Waals surface area contributed by atoms with E-state index in [1.54, 1.807) is 0 Å². The normalized spacial score (nSPS) is 37.8. The van der Waals surface area contributed by atoms with Crippen molar-refractivity contribution in [2.45, 2.75) is 82.6 Å². The summed E-state index contributed by atoms with van der Waals surface area (Å²) in [6.45, 7) is 3.93. The highest BCUT2D eigenvalue weighted by atomic mass is 16.7. The van der Waals surface area contributed by atoms with E-state index in [2.05, 4.69) is 12.2 Å². The fraction of sp³-hybridized carbons (Fsp3) is 0.640. The molecule has 8 heteroatoms. The number of aromatic hydroxyl groups is 2. The number of benzene rings is 1. The van der Waals surface area contributed by atoms with Crippen LogP contribution in [0.15, 0.2) is 18.2 Å². The van der Waals surface area contributed by atoms with Gasteiger partial charge in [-0.3, -0.25) is 4.79 Å². The molecule has 2 aliphatic heterocycles. The highest BCUT2D eigenvalue weighted by molar-refractivity contribution is 6.02. The average Bonchev–Trinajstić information content (AvgIpc) is 3.52. The fourth-order valence-corrected chi connectivity index (χ4v) is 5.39. The number of hydrogen-bond acceptors (Lipinski definition) is 8. The fourth-order valence-electron chi connectivity index (χ4n) is 5.39. The van der Waals surface area contributed by atoms with Gasteiger partial charge in [-0.05, 0) is 49.7 Å². The Morgan fingerprint density at radius 3 is 2.64 bits per heavy atom. The maximum atomic E-state index is 13.7. The Labute approximate surface area is 193 Å². The van der Waals surface area contributed by atoms with E-state index in [4.69, 9.17) is 14.2 Å². The zero-order valence-electron chi connectivity index (χ0n) is 19.4. The average molecular weight is 463 g/mol. The summed E-state index contributed by atoms with van der Waals surface area (Å²) in [6.07, 6.45) is 3.95. The number of fused-ring (bicyclic) bond motifs is 2. The lowest BCUT2D eigenvalue weighted by Gasteiger charge is -2.39. The van der Waals surface area contributed by atoms with Gasteiger partial charge in [-0.25, -0.2) is 0 Å². The number of carbonyl (C=O) groups is 1. The first-order valence-electron chi connectivity index (χ1n) is 11.8. The largest absolute Gasteiger partial charge is 0.504 e. The third-order valence-corrected chi connectivity index (χ3v) is 7.28. The third-order valence-electron chi connectivity index (χ3n) is 7.28. The maximum absolute atomic E-state index is 13.7. The molecule has 2 bridgehead atoms. The number of methoxy groups -OCH3 is 1. The van der Waals surface area contributed by atoms with Gasteiger partial charge in [-0.1, -0.05) is 26.0 Å². The molecule has 2 heterocycles. The summed E-state index contributed by atoms with van der Waals surface area (Å²) in [5.74, 6) is -1.69. The van der Waals surface area contributed by atoms with Crippen molar-refractivity contribution >= 4 is 5.78 Å². The van der Waals surface area contributed by atoms with Crippen LogP contribution in [0.5, 0.6) is 17.2 Å². The number of hydrogen-bond donors (Lipinski definition) is 4. The summed E-state index contributed by atoms with van der Waals surface area (Å²) in [5, 5.41) is 42.9. The van der Waals surface area contributed by atoms with E-state index in [9.17, 15) is 25.2 Å². The van der Waals surface area contributed by atoms with Crippen LogP contribution < -0.4 is 4.74 Å². The molecule has 182 valence electrons. The lowest BCUT2D eigenvalue weighted by atomic mass is 9.79. The van der Waals surface area contributed by atoms with E-state index in [-0.39, 0.29) is 41.3 Å². The van der Waals surface area contributed by atoms with Gasteiger partial charge in [-0.2, -0.15) is 0 Å². The van der Waals surface area contributed by atoms with Crippen LogP contribution in [0.3, 0.4) is 0 Å². The van der Waals surface area contributed by atoms with Crippen molar-refractivity contribution in [2.75, 3.05) is 7.11 Å². The second-order valence-electron chi connectivity index (χ2n) is 9.47. The topological polar surface area (TPSA) is 129 Å². The Kier molecular flexibility index (Phi) is 6.73. The molecular formula is C25H34O8. The monoisotopic (exact) mass is 462 g/mol. The van der Waals surface area contributed by atoms with Crippen molar-refractivity contribution in [1.82, 2.24) is 0 Å². The molecule has 33 heavy (non-hydrogen) atoms. The van der Waals surface area contributed by atoms with Crippen LogP contribution in [0.2, 0.25) is 0 Å². The molecule has 8 nitrogen and oxygen atoms in total. The minimum absolute atomic E-state index is 0.0448. The van der Waals surface area contributed by atoms with Crippen LogP contribution >= 0.6 is 0 Å². The van der Waals surface area contributed by atoms with E-state index >= 15 is 0 Å². The highest BCUT2D eigenvalue weighted by Crippen LogP contribution is 2.51. The first kappa shape index (κ1) is 24.0. The van der Waals surface area contributed by atoms with Crippen LogP contribution in [0.25, 0.3) is 0 Å². The second-order valence-corrected chi connectivity index (χ2v) is 9.47. The van der Waals surface area contributed by atoms with Gasteiger partial charge in [0, 0.05) is 12.3 Å². The van der Waals surface area contributed by atoms with E-state index in [1.807, 2.05) is 13.8 Å². The molecule has 0 amide bonds. The molecule has 1 aromatic rings. The van der Waals surface area contributed by atoms with E-state index < -0.39 is 35.8 Å². The molecule has 4 rings (SSSR count). The molecule has 1 spiro atoms. The number of allylic oxidation sites excluding steroid dienone is 2. The molecule has 0 radical (unpaired) electrons. The van der Waals surface area contributed by atoms with Gasteiger partial charge in [0.15, 0.2) is 29.2 Å². The Hall–Kier alpha value is -2.13. The van der Waals surface area contributed by atoms with Crippen LogP contribution in [0, 0.1) is 11.8 Å². The van der Waals surface area contributed by atoms with Gasteiger partial charge in [0.2, 0.25) is 5.75 Å². The summed E-state index contributed by atoms with van der Waals surface area (Å²) < 4.78 is 16.7. The number of phenols is 2. The predicted molar refractivity (Wildman–Crippen MR) is 119 cm³/mol. The Morgan fingerprint density at radius 2 is 2.00 bits per heavy atom. The van der Waals surface area contributed by atoms with E-state index in [1.165, 1.54) is 13.2 Å². The van der Waals surface area contributed by atoms with E-state index in [0.717, 1.165) is 6.42 Å². The molecular weight excluding hydrogens is 428 g/mol. The number of phenolic OH excluding ortho intramolecular Hbond substituents is 2. The molecule has 0 aromatic heterocycles. The number of epoxide rings is 1. The number of ether oxygens (including phenoxy) is 3. The lowest BCUT2D eigenvalue weighted by Crippen LogP contribution is -2.55. The van der Waals surface area contributed by atoms with Crippen LogP contribution in [0.4, 0.5) is 0 Å². The Bertz CT molecular complexity index is 913. The molecule has 2 fully saturated rings. The van der Waals surface area contributed by atoms with Crippen LogP contribution in [-0.4, -0.2) is 63.5 Å². The second kappa shape index (κ2) is 9.25. The molecule has 1 aliphatic carbocycles. The smallest absolute Gasteiger partial charge is 0.203 e. The van der Waals surface area contributed by atoms with Crippen molar-refractivity contribution in [3.8, 4) is 17.2 Å². The van der Waals surface area contributed by atoms with Gasteiger partial charge in [0.25, 0.3) is 0 Å². The van der Waals surface area contributed by atoms with Crippen molar-refractivity contribution in [2.24, 2.45) is 11.8 Å². The molecule has 7 atom stereocenters. The highest BCUT2D eigenvalue weighted by Gasteiger charge is 2.68. The summed E-state index contributed by atoms with van der Waals surface area (Å²) in [7, 11) is 1.33. The SMILES string of the molecule is CC[C@@H]1OC12[C@H](O)C[C@H](C1CCC/C=C/C(C)Cc3cc(c(O)c(OC)c3O)C1=O)O[C@H]2O. The summed E-state index contributed by atoms with van der Waals surface area (Å²) in [5.41, 5.74) is -0.580. The van der Waals surface area contributed by atoms with Crippen LogP contribution in [-0.2, 0) is 15.9 Å². The molecule has 3 aliphatic rings. The summed E-state index contributed by atoms with van der Waals surface area (Å²) in [4.78, 5) is 13.7. The lowest BCUT2D eigenvalue weighted by molar-refractivity contribution is -0.239. The molecule has 1 aromatic carbocycles. The minimum Gasteiger partial charge on any atom is -0.504 e. The van der Waals surface area contributed by atoms with Gasteiger partial charge < -0.3 is 34.6 Å². The number of ketones is 1.